The molecule has 1 aromatic carbocycles. The van der Waals surface area contributed by atoms with Gasteiger partial charge in [0.2, 0.25) is 0 Å². The van der Waals surface area contributed by atoms with Crippen molar-refractivity contribution in [2.24, 2.45) is 0 Å². The van der Waals surface area contributed by atoms with E-state index in [1.165, 1.54) is 6.07 Å². The van der Waals surface area contributed by atoms with Crippen molar-refractivity contribution in [2.45, 2.75) is 26.2 Å². The number of para-hydroxylation sites is 1. The van der Waals surface area contributed by atoms with E-state index in [2.05, 4.69) is 29.4 Å². The second-order valence-electron chi connectivity index (χ2n) is 4.52. The molecular weight excluding hydrogens is 242 g/mol. The number of hydrogen-bond donors (Lipinski definition) is 3. The predicted molar refractivity (Wildman–Crippen MR) is 74.5 cm³/mol. The molecule has 1 heterocycles. The average Bonchev–Trinajstić information content (AvgIpc) is 2.85. The van der Waals surface area contributed by atoms with Crippen LogP contribution in [0.15, 0.2) is 35.1 Å². The lowest BCUT2D eigenvalue weighted by molar-refractivity contribution is 0.102. The lowest BCUT2D eigenvalue weighted by Gasteiger charge is -2.15. The second kappa shape index (κ2) is 5.56. The number of anilines is 1. The van der Waals surface area contributed by atoms with E-state index < -0.39 is 0 Å². The highest BCUT2D eigenvalue weighted by molar-refractivity contribution is 6.03. The van der Waals surface area contributed by atoms with Gasteiger partial charge in [-0.15, -0.1) is 0 Å². The molecule has 19 heavy (non-hydrogen) atoms. The molecule has 5 heteroatoms. The molecule has 0 aliphatic carbocycles. The molecule has 100 valence electrons. The number of benzene rings is 1. The summed E-state index contributed by atoms with van der Waals surface area (Å²) in [6.45, 7) is 4.22. The predicted octanol–water partition coefficient (Wildman–Crippen LogP) is 2.47. The molecule has 0 spiro atoms. The Kier molecular flexibility index (Phi) is 3.85. The Labute approximate surface area is 111 Å². The van der Waals surface area contributed by atoms with E-state index >= 15 is 0 Å². The number of aromatic amines is 2. The second-order valence-corrected chi connectivity index (χ2v) is 4.52. The van der Waals surface area contributed by atoms with Crippen LogP contribution in [-0.2, 0) is 0 Å². The summed E-state index contributed by atoms with van der Waals surface area (Å²) in [5.41, 5.74) is 1.78. The molecule has 1 atom stereocenters. The fourth-order valence-corrected chi connectivity index (χ4v) is 1.90. The lowest BCUT2D eigenvalue weighted by atomic mass is 9.97. The molecule has 0 aliphatic heterocycles. The third-order valence-electron chi connectivity index (χ3n) is 3.19. The summed E-state index contributed by atoms with van der Waals surface area (Å²) in [5, 5.41) is 7.71. The summed E-state index contributed by atoms with van der Waals surface area (Å²) >= 11 is 0. The molecule has 0 saturated heterocycles. The molecular formula is C14H17N3O2. The third-order valence-corrected chi connectivity index (χ3v) is 3.19. The van der Waals surface area contributed by atoms with Crippen LogP contribution in [0.1, 0.15) is 42.2 Å². The van der Waals surface area contributed by atoms with Crippen molar-refractivity contribution in [1.29, 1.82) is 0 Å². The van der Waals surface area contributed by atoms with Crippen LogP contribution in [0.5, 0.6) is 0 Å². The first-order chi connectivity index (χ1) is 9.11. The summed E-state index contributed by atoms with van der Waals surface area (Å²) in [6.07, 6.45) is 0.994. The van der Waals surface area contributed by atoms with E-state index in [9.17, 15) is 9.59 Å². The van der Waals surface area contributed by atoms with Crippen LogP contribution in [0, 0.1) is 0 Å². The van der Waals surface area contributed by atoms with Gasteiger partial charge < -0.3 is 5.32 Å². The van der Waals surface area contributed by atoms with Gasteiger partial charge in [-0.1, -0.05) is 32.0 Å². The molecule has 0 bridgehead atoms. The quantitative estimate of drug-likeness (QED) is 0.788. The summed E-state index contributed by atoms with van der Waals surface area (Å²) in [7, 11) is 0. The number of carbonyl (C=O) groups excluding carboxylic acids is 1. The van der Waals surface area contributed by atoms with Crippen LogP contribution in [-0.4, -0.2) is 16.1 Å². The molecule has 1 unspecified atom stereocenters. The van der Waals surface area contributed by atoms with Crippen LogP contribution in [0.25, 0.3) is 0 Å². The highest BCUT2D eigenvalue weighted by Crippen LogP contribution is 2.26. The normalized spacial score (nSPS) is 12.1. The van der Waals surface area contributed by atoms with Gasteiger partial charge in [0.1, 0.15) is 5.69 Å². The maximum Gasteiger partial charge on any atom is 0.273 e. The number of aromatic nitrogens is 2. The molecule has 1 aromatic heterocycles. The first-order valence-electron chi connectivity index (χ1n) is 6.29. The monoisotopic (exact) mass is 259 g/mol. The lowest BCUT2D eigenvalue weighted by Crippen LogP contribution is -2.14. The highest BCUT2D eigenvalue weighted by Gasteiger charge is 2.13. The zero-order valence-electron chi connectivity index (χ0n) is 11.0. The zero-order chi connectivity index (χ0) is 13.8. The van der Waals surface area contributed by atoms with Crippen LogP contribution >= 0.6 is 0 Å². The molecule has 0 saturated carbocycles. The Bertz CT molecular complexity index is 627. The average molecular weight is 259 g/mol. The van der Waals surface area contributed by atoms with Crippen molar-refractivity contribution < 1.29 is 4.79 Å². The molecule has 0 fully saturated rings. The molecule has 3 N–H and O–H groups in total. The van der Waals surface area contributed by atoms with Crippen LogP contribution in [0.2, 0.25) is 0 Å². The van der Waals surface area contributed by atoms with Gasteiger partial charge in [-0.05, 0) is 24.0 Å². The van der Waals surface area contributed by atoms with Gasteiger partial charge in [0, 0.05) is 11.8 Å². The minimum absolute atomic E-state index is 0.226. The zero-order valence-corrected chi connectivity index (χ0v) is 11.0. The van der Waals surface area contributed by atoms with Crippen molar-refractivity contribution in [3.05, 3.63) is 51.9 Å². The summed E-state index contributed by atoms with van der Waals surface area (Å²) < 4.78 is 0. The van der Waals surface area contributed by atoms with Gasteiger partial charge in [-0.2, -0.15) is 0 Å². The van der Waals surface area contributed by atoms with Crippen molar-refractivity contribution in [2.75, 3.05) is 5.32 Å². The molecule has 0 aliphatic rings. The van der Waals surface area contributed by atoms with E-state index in [1.54, 1.807) is 0 Å². The molecule has 2 rings (SSSR count). The fourth-order valence-electron chi connectivity index (χ4n) is 1.90. The van der Waals surface area contributed by atoms with E-state index in [0.29, 0.717) is 5.92 Å². The van der Waals surface area contributed by atoms with Crippen LogP contribution in [0.4, 0.5) is 5.69 Å². The Morgan fingerprint density at radius 1 is 1.32 bits per heavy atom. The Balaban J connectivity index is 2.24. The SMILES string of the molecule is CCC(C)c1ccccc1NC(=O)c1cc(=O)[nH][nH]1. The Morgan fingerprint density at radius 2 is 2.05 bits per heavy atom. The van der Waals surface area contributed by atoms with E-state index in [4.69, 9.17) is 0 Å². The minimum atomic E-state index is -0.325. The van der Waals surface area contributed by atoms with Gasteiger partial charge in [-0.25, -0.2) is 0 Å². The first-order valence-corrected chi connectivity index (χ1v) is 6.29. The molecule has 0 radical (unpaired) electrons. The van der Waals surface area contributed by atoms with Gasteiger partial charge >= 0.3 is 0 Å². The van der Waals surface area contributed by atoms with Crippen LogP contribution in [0.3, 0.4) is 0 Å². The highest BCUT2D eigenvalue weighted by atomic mass is 16.2. The number of hydrogen-bond acceptors (Lipinski definition) is 2. The fraction of sp³-hybridized carbons (Fsp3) is 0.286. The van der Waals surface area contributed by atoms with Gasteiger partial charge in [-0.3, -0.25) is 19.8 Å². The maximum atomic E-state index is 12.0. The van der Waals surface area contributed by atoms with Gasteiger partial charge in [0.15, 0.2) is 0 Å². The third kappa shape index (κ3) is 2.93. The Morgan fingerprint density at radius 3 is 2.68 bits per heavy atom. The number of carbonyl (C=O) groups is 1. The summed E-state index contributed by atoms with van der Waals surface area (Å²) in [5.74, 6) is 0.0378. The van der Waals surface area contributed by atoms with Crippen molar-refractivity contribution >= 4 is 11.6 Å². The van der Waals surface area contributed by atoms with Crippen molar-refractivity contribution in [3.8, 4) is 0 Å². The maximum absolute atomic E-state index is 12.0. The smallest absolute Gasteiger partial charge is 0.273 e. The van der Waals surface area contributed by atoms with Crippen molar-refractivity contribution in [3.63, 3.8) is 0 Å². The standard InChI is InChI=1S/C14H17N3O2/c1-3-9(2)10-6-4-5-7-11(10)15-14(19)12-8-13(18)17-16-12/h4-9H,3H2,1-2H3,(H,15,19)(H2,16,17,18). The number of H-pyrrole nitrogens is 2. The molecule has 1 amide bonds. The summed E-state index contributed by atoms with van der Waals surface area (Å²) in [4.78, 5) is 23.0. The minimum Gasteiger partial charge on any atom is -0.320 e. The van der Waals surface area contributed by atoms with Crippen LogP contribution < -0.4 is 10.9 Å². The van der Waals surface area contributed by atoms with E-state index in [1.807, 2.05) is 24.3 Å². The molecule has 2 aromatic rings. The van der Waals surface area contributed by atoms with E-state index in [-0.39, 0.29) is 17.2 Å². The molecule has 5 nitrogen and oxygen atoms in total. The van der Waals surface area contributed by atoms with E-state index in [0.717, 1.165) is 17.7 Å². The largest absolute Gasteiger partial charge is 0.320 e. The van der Waals surface area contributed by atoms with Gasteiger partial charge in [0.05, 0.1) is 0 Å². The number of rotatable bonds is 4. The van der Waals surface area contributed by atoms with Crippen molar-refractivity contribution in [1.82, 2.24) is 10.2 Å². The summed E-state index contributed by atoms with van der Waals surface area (Å²) in [6, 6.07) is 8.94. The topological polar surface area (TPSA) is 77.8 Å². The van der Waals surface area contributed by atoms with Gasteiger partial charge in [0.25, 0.3) is 11.5 Å². The Hall–Kier alpha value is -2.30. The first kappa shape index (κ1) is 13.1. The number of nitrogens with one attached hydrogen (secondary N) is 3. The number of amides is 1.